The Morgan fingerprint density at radius 2 is 1.61 bits per heavy atom. The van der Waals surface area contributed by atoms with Crippen LogP contribution >= 0.6 is 11.8 Å². The molecule has 0 unspecified atom stereocenters. The smallest absolute Gasteiger partial charge is 0.254 e. The first kappa shape index (κ1) is 27.8. The maximum atomic E-state index is 13.2. The lowest BCUT2D eigenvalue weighted by atomic mass is 10.00. The van der Waals surface area contributed by atoms with Gasteiger partial charge in [-0.25, -0.2) is 9.88 Å². The minimum absolute atomic E-state index is 0.0754. The van der Waals surface area contributed by atoms with Crippen LogP contribution in [-0.4, -0.2) is 98.6 Å². The molecule has 2 saturated heterocycles. The van der Waals surface area contributed by atoms with Crippen LogP contribution < -0.4 is 0 Å². The van der Waals surface area contributed by atoms with Crippen LogP contribution in [0.1, 0.15) is 21.5 Å². The van der Waals surface area contributed by atoms with Crippen LogP contribution in [0.2, 0.25) is 0 Å². The van der Waals surface area contributed by atoms with E-state index in [9.17, 15) is 15.0 Å². The molecule has 0 spiro atoms. The van der Waals surface area contributed by atoms with Crippen LogP contribution in [0.5, 0.6) is 0 Å². The standard InChI is InChI=1S/C32H35N5O3S/c1-22-20-24(8-11-26(22)31(38)36-14-12-35(2)13-15-36)29-21-33-28-5-3-4-27(30(28)34-29)23-6-9-25(10-7-23)32(39,40)37-16-18-41-19-17-37/h3-11,20-21,39-40H,12-19H2,1-2H3. The zero-order chi connectivity index (χ0) is 28.6. The number of hydrogen-bond donors (Lipinski definition) is 2. The number of thioether (sulfide) groups is 1. The number of rotatable bonds is 5. The molecule has 3 heterocycles. The molecule has 3 aromatic carbocycles. The van der Waals surface area contributed by atoms with E-state index >= 15 is 0 Å². The van der Waals surface area contributed by atoms with Gasteiger partial charge in [0.15, 0.2) is 0 Å². The molecule has 0 radical (unpaired) electrons. The second kappa shape index (κ2) is 11.5. The normalized spacial score (nSPS) is 17.2. The quantitative estimate of drug-likeness (QED) is 0.351. The lowest BCUT2D eigenvalue weighted by molar-refractivity contribution is -0.273. The third kappa shape index (κ3) is 5.60. The third-order valence-corrected chi connectivity index (χ3v) is 9.09. The van der Waals surface area contributed by atoms with Crippen molar-refractivity contribution in [2.24, 2.45) is 0 Å². The number of likely N-dealkylation sites (N-methyl/N-ethyl adjacent to an activating group) is 1. The Labute approximate surface area is 244 Å². The minimum Gasteiger partial charge on any atom is -0.349 e. The SMILES string of the molecule is Cc1cc(-c2cnc3cccc(-c4ccc(C(O)(O)N5CCSCC5)cc4)c3n2)ccc1C(=O)N1CCN(C)CC1. The van der Waals surface area contributed by atoms with Crippen molar-refractivity contribution in [1.82, 2.24) is 24.7 Å². The van der Waals surface area contributed by atoms with Gasteiger partial charge in [-0.15, -0.1) is 0 Å². The van der Waals surface area contributed by atoms with Gasteiger partial charge in [-0.3, -0.25) is 9.78 Å². The Kier molecular flexibility index (Phi) is 7.80. The molecular weight excluding hydrogens is 534 g/mol. The maximum absolute atomic E-state index is 13.2. The van der Waals surface area contributed by atoms with Crippen LogP contribution in [0.3, 0.4) is 0 Å². The average Bonchev–Trinajstić information content (AvgIpc) is 3.01. The molecule has 2 aliphatic heterocycles. The Balaban J connectivity index is 1.28. The van der Waals surface area contributed by atoms with Crippen LogP contribution in [0.25, 0.3) is 33.4 Å². The van der Waals surface area contributed by atoms with Gasteiger partial charge in [0.1, 0.15) is 0 Å². The number of aliphatic hydroxyl groups is 2. The molecular formula is C32H35N5O3S. The molecule has 9 heteroatoms. The Hall–Kier alpha value is -3.34. The van der Waals surface area contributed by atoms with Gasteiger partial charge in [0.2, 0.25) is 0 Å². The highest BCUT2D eigenvalue weighted by Crippen LogP contribution is 2.32. The topological polar surface area (TPSA) is 93.0 Å². The number of aryl methyl sites for hydroxylation is 1. The van der Waals surface area contributed by atoms with Crippen LogP contribution in [0.4, 0.5) is 0 Å². The summed E-state index contributed by atoms with van der Waals surface area (Å²) in [5.74, 6) is -0.160. The number of benzene rings is 3. The fraction of sp³-hybridized carbons (Fsp3) is 0.344. The molecule has 1 amide bonds. The van der Waals surface area contributed by atoms with E-state index in [1.165, 1.54) is 0 Å². The van der Waals surface area contributed by atoms with E-state index in [1.807, 2.05) is 72.1 Å². The van der Waals surface area contributed by atoms with Crippen LogP contribution in [-0.2, 0) is 5.91 Å². The van der Waals surface area contributed by atoms with Crippen molar-refractivity contribution in [2.75, 3.05) is 57.8 Å². The molecule has 41 heavy (non-hydrogen) atoms. The first-order valence-electron chi connectivity index (χ1n) is 14.0. The van der Waals surface area contributed by atoms with E-state index in [2.05, 4.69) is 11.9 Å². The number of amides is 1. The zero-order valence-electron chi connectivity index (χ0n) is 23.5. The number of carbonyl (C=O) groups excluding carboxylic acids is 1. The zero-order valence-corrected chi connectivity index (χ0v) is 24.3. The second-order valence-corrected chi connectivity index (χ2v) is 12.1. The van der Waals surface area contributed by atoms with Crippen LogP contribution in [0.15, 0.2) is 66.9 Å². The number of carbonyl (C=O) groups is 1. The molecule has 6 rings (SSSR count). The van der Waals surface area contributed by atoms with Crippen molar-refractivity contribution >= 4 is 28.7 Å². The number of fused-ring (bicyclic) bond motifs is 1. The van der Waals surface area contributed by atoms with Crippen molar-refractivity contribution < 1.29 is 15.0 Å². The maximum Gasteiger partial charge on any atom is 0.254 e. The van der Waals surface area contributed by atoms with Gasteiger partial charge in [0, 0.05) is 73.0 Å². The number of piperazine rings is 1. The fourth-order valence-electron chi connectivity index (χ4n) is 5.58. The average molecular weight is 570 g/mol. The summed E-state index contributed by atoms with van der Waals surface area (Å²) in [5, 5.41) is 21.8. The summed E-state index contributed by atoms with van der Waals surface area (Å²) in [7, 11) is 2.08. The molecule has 4 aromatic rings. The number of hydrogen-bond acceptors (Lipinski definition) is 8. The van der Waals surface area contributed by atoms with E-state index in [-0.39, 0.29) is 5.91 Å². The first-order valence-corrected chi connectivity index (χ1v) is 15.2. The molecule has 2 N–H and O–H groups in total. The van der Waals surface area contributed by atoms with Gasteiger partial charge < -0.3 is 20.0 Å². The molecule has 0 atom stereocenters. The van der Waals surface area contributed by atoms with Gasteiger partial charge in [-0.05, 0) is 43.3 Å². The van der Waals surface area contributed by atoms with Crippen molar-refractivity contribution in [3.8, 4) is 22.4 Å². The van der Waals surface area contributed by atoms with Gasteiger partial charge in [-0.1, -0.05) is 42.5 Å². The fourth-order valence-corrected chi connectivity index (χ4v) is 6.48. The lowest BCUT2D eigenvalue weighted by Crippen LogP contribution is -2.49. The van der Waals surface area contributed by atoms with E-state index in [4.69, 9.17) is 9.97 Å². The summed E-state index contributed by atoms with van der Waals surface area (Å²) < 4.78 is 0. The number of para-hydroxylation sites is 1. The van der Waals surface area contributed by atoms with E-state index in [0.717, 1.165) is 82.2 Å². The van der Waals surface area contributed by atoms with E-state index in [0.29, 0.717) is 18.7 Å². The van der Waals surface area contributed by atoms with Crippen molar-refractivity contribution in [3.05, 3.63) is 83.6 Å². The van der Waals surface area contributed by atoms with Crippen molar-refractivity contribution in [2.45, 2.75) is 12.8 Å². The van der Waals surface area contributed by atoms with Crippen molar-refractivity contribution in [1.29, 1.82) is 0 Å². The number of aromatic nitrogens is 2. The molecule has 0 bridgehead atoms. The van der Waals surface area contributed by atoms with E-state index < -0.39 is 5.91 Å². The molecule has 0 aliphatic carbocycles. The minimum atomic E-state index is -2.00. The number of nitrogens with zero attached hydrogens (tertiary/aromatic N) is 5. The summed E-state index contributed by atoms with van der Waals surface area (Å²) in [5.41, 5.74) is 7.09. The summed E-state index contributed by atoms with van der Waals surface area (Å²) in [6, 6.07) is 19.1. The molecule has 8 nitrogen and oxygen atoms in total. The molecule has 1 aromatic heterocycles. The predicted octanol–water partition coefficient (Wildman–Crippen LogP) is 3.80. The van der Waals surface area contributed by atoms with Crippen LogP contribution in [0, 0.1) is 6.92 Å². The summed E-state index contributed by atoms with van der Waals surface area (Å²) in [6.07, 6.45) is 1.77. The van der Waals surface area contributed by atoms with Gasteiger partial charge in [-0.2, -0.15) is 11.8 Å². The van der Waals surface area contributed by atoms with E-state index in [1.54, 1.807) is 23.2 Å². The molecule has 212 valence electrons. The summed E-state index contributed by atoms with van der Waals surface area (Å²) in [4.78, 5) is 28.8. The molecule has 0 saturated carbocycles. The Bertz CT molecular complexity index is 1560. The van der Waals surface area contributed by atoms with Gasteiger partial charge in [0.05, 0.1) is 22.9 Å². The Morgan fingerprint density at radius 1 is 0.902 bits per heavy atom. The largest absolute Gasteiger partial charge is 0.349 e. The predicted molar refractivity (Wildman–Crippen MR) is 164 cm³/mol. The monoisotopic (exact) mass is 569 g/mol. The summed E-state index contributed by atoms with van der Waals surface area (Å²) >= 11 is 1.82. The molecule has 2 aliphatic rings. The lowest BCUT2D eigenvalue weighted by Gasteiger charge is -2.37. The van der Waals surface area contributed by atoms with Crippen molar-refractivity contribution in [3.63, 3.8) is 0 Å². The molecule has 2 fully saturated rings. The highest BCUT2D eigenvalue weighted by atomic mass is 32.2. The first-order chi connectivity index (χ1) is 19.8. The second-order valence-electron chi connectivity index (χ2n) is 10.9. The van der Waals surface area contributed by atoms with Gasteiger partial charge in [0.25, 0.3) is 11.8 Å². The van der Waals surface area contributed by atoms with Gasteiger partial charge >= 0.3 is 0 Å². The third-order valence-electron chi connectivity index (χ3n) is 8.15. The summed E-state index contributed by atoms with van der Waals surface area (Å²) in [6.45, 7) is 6.49. The highest BCUT2D eigenvalue weighted by Gasteiger charge is 2.35. The Morgan fingerprint density at radius 3 is 2.32 bits per heavy atom. The highest BCUT2D eigenvalue weighted by molar-refractivity contribution is 7.99.